The summed E-state index contributed by atoms with van der Waals surface area (Å²) in [7, 11) is 0. The number of hydrogen-bond acceptors (Lipinski definition) is 2. The van der Waals surface area contributed by atoms with Crippen LogP contribution in [-0.2, 0) is 10.2 Å². The van der Waals surface area contributed by atoms with Gasteiger partial charge in [0.15, 0.2) is 0 Å². The second-order valence-corrected chi connectivity index (χ2v) is 3.93. The van der Waals surface area contributed by atoms with Gasteiger partial charge in [-0.1, -0.05) is 12.5 Å². The van der Waals surface area contributed by atoms with E-state index in [4.69, 9.17) is 0 Å². The third kappa shape index (κ3) is 1.20. The summed E-state index contributed by atoms with van der Waals surface area (Å²) in [4.78, 5) is 15.3. The van der Waals surface area contributed by atoms with Crippen molar-refractivity contribution in [2.45, 2.75) is 31.6 Å². The molecule has 3 heteroatoms. The van der Waals surface area contributed by atoms with Crippen LogP contribution in [0.4, 0.5) is 0 Å². The van der Waals surface area contributed by atoms with Gasteiger partial charge < -0.3 is 5.11 Å². The first-order valence-corrected chi connectivity index (χ1v) is 4.82. The normalized spacial score (nSPS) is 18.6. The molecule has 1 aliphatic carbocycles. The van der Waals surface area contributed by atoms with E-state index in [1.165, 1.54) is 0 Å². The van der Waals surface area contributed by atoms with Crippen molar-refractivity contribution in [3.8, 4) is 0 Å². The topological polar surface area (TPSA) is 50.2 Å². The summed E-state index contributed by atoms with van der Waals surface area (Å²) in [5.74, 6) is -0.714. The van der Waals surface area contributed by atoms with E-state index in [0.717, 1.165) is 30.5 Å². The lowest BCUT2D eigenvalue weighted by Gasteiger charge is -2.37. The second-order valence-electron chi connectivity index (χ2n) is 3.93. The number of aromatic nitrogens is 1. The van der Waals surface area contributed by atoms with Crippen molar-refractivity contribution in [3.63, 3.8) is 0 Å². The average molecular weight is 191 g/mol. The van der Waals surface area contributed by atoms with Gasteiger partial charge in [-0.25, -0.2) is 0 Å². The molecule has 1 N–H and O–H groups in total. The number of hydrogen-bond donors (Lipinski definition) is 1. The number of pyridine rings is 1. The third-order valence-corrected chi connectivity index (χ3v) is 3.08. The molecule has 1 aromatic rings. The molecular formula is C11H13NO2. The van der Waals surface area contributed by atoms with E-state index >= 15 is 0 Å². The van der Waals surface area contributed by atoms with Crippen LogP contribution in [0.1, 0.15) is 30.5 Å². The summed E-state index contributed by atoms with van der Waals surface area (Å²) in [5.41, 5.74) is 1.14. The van der Waals surface area contributed by atoms with Crippen LogP contribution < -0.4 is 0 Å². The second kappa shape index (κ2) is 3.08. The predicted molar refractivity (Wildman–Crippen MR) is 52.1 cm³/mol. The first kappa shape index (κ1) is 9.19. The van der Waals surface area contributed by atoms with E-state index in [1.807, 2.05) is 19.1 Å². The Morgan fingerprint density at radius 2 is 2.21 bits per heavy atom. The molecule has 2 rings (SSSR count). The molecule has 0 atom stereocenters. The van der Waals surface area contributed by atoms with Crippen molar-refractivity contribution >= 4 is 5.97 Å². The maximum Gasteiger partial charge on any atom is 0.314 e. The largest absolute Gasteiger partial charge is 0.481 e. The molecule has 1 heterocycles. The van der Waals surface area contributed by atoms with Gasteiger partial charge in [-0.05, 0) is 31.4 Å². The minimum Gasteiger partial charge on any atom is -0.481 e. The number of carboxylic acids is 1. The fraction of sp³-hybridized carbons (Fsp3) is 0.455. The van der Waals surface area contributed by atoms with Gasteiger partial charge in [0.05, 0.1) is 5.41 Å². The molecule has 1 aromatic heterocycles. The van der Waals surface area contributed by atoms with E-state index in [9.17, 15) is 9.90 Å². The maximum atomic E-state index is 11.2. The van der Waals surface area contributed by atoms with Gasteiger partial charge >= 0.3 is 5.97 Å². The highest BCUT2D eigenvalue weighted by molar-refractivity contribution is 5.82. The summed E-state index contributed by atoms with van der Waals surface area (Å²) in [5, 5.41) is 9.18. The van der Waals surface area contributed by atoms with Crippen molar-refractivity contribution < 1.29 is 9.90 Å². The highest BCUT2D eigenvalue weighted by Gasteiger charge is 2.46. The Morgan fingerprint density at radius 3 is 2.57 bits per heavy atom. The molecule has 74 valence electrons. The van der Waals surface area contributed by atoms with Crippen LogP contribution in [0.2, 0.25) is 0 Å². The van der Waals surface area contributed by atoms with E-state index in [-0.39, 0.29) is 0 Å². The lowest BCUT2D eigenvalue weighted by Crippen LogP contribution is -2.42. The SMILES string of the molecule is Cc1ccc(C2(C(=O)O)CCC2)cn1. The Hall–Kier alpha value is -1.38. The zero-order valence-electron chi connectivity index (χ0n) is 8.16. The van der Waals surface area contributed by atoms with Crippen LogP contribution in [0.15, 0.2) is 18.3 Å². The Labute approximate surface area is 82.8 Å². The van der Waals surface area contributed by atoms with Crippen molar-refractivity contribution in [1.29, 1.82) is 0 Å². The standard InChI is InChI=1S/C11H13NO2/c1-8-3-4-9(7-12-8)11(10(13)14)5-2-6-11/h3-4,7H,2,5-6H2,1H3,(H,13,14). The quantitative estimate of drug-likeness (QED) is 0.776. The Morgan fingerprint density at radius 1 is 1.50 bits per heavy atom. The molecule has 1 aliphatic rings. The minimum atomic E-state index is -0.714. The molecule has 0 aliphatic heterocycles. The monoisotopic (exact) mass is 191 g/mol. The van der Waals surface area contributed by atoms with Gasteiger partial charge in [0, 0.05) is 11.9 Å². The smallest absolute Gasteiger partial charge is 0.314 e. The summed E-state index contributed by atoms with van der Waals surface area (Å²) in [6.45, 7) is 1.90. The highest BCUT2D eigenvalue weighted by atomic mass is 16.4. The molecule has 0 spiro atoms. The molecule has 0 amide bonds. The summed E-state index contributed by atoms with van der Waals surface area (Å²) < 4.78 is 0. The lowest BCUT2D eigenvalue weighted by atomic mass is 9.65. The Bertz CT molecular complexity index is 352. The van der Waals surface area contributed by atoms with Crippen molar-refractivity contribution in [2.75, 3.05) is 0 Å². The maximum absolute atomic E-state index is 11.2. The lowest BCUT2D eigenvalue weighted by molar-refractivity contribution is -0.147. The average Bonchev–Trinajstić information content (AvgIpc) is 2.05. The van der Waals surface area contributed by atoms with Crippen LogP contribution in [0.25, 0.3) is 0 Å². The van der Waals surface area contributed by atoms with E-state index in [1.54, 1.807) is 6.20 Å². The summed E-state index contributed by atoms with van der Waals surface area (Å²) in [6, 6.07) is 3.76. The van der Waals surface area contributed by atoms with Crippen LogP contribution in [-0.4, -0.2) is 16.1 Å². The molecule has 3 nitrogen and oxygen atoms in total. The zero-order valence-corrected chi connectivity index (χ0v) is 8.16. The van der Waals surface area contributed by atoms with E-state index < -0.39 is 11.4 Å². The van der Waals surface area contributed by atoms with Gasteiger partial charge in [-0.3, -0.25) is 9.78 Å². The Balaban J connectivity index is 2.37. The first-order valence-electron chi connectivity index (χ1n) is 4.82. The van der Waals surface area contributed by atoms with E-state index in [0.29, 0.717) is 0 Å². The van der Waals surface area contributed by atoms with Crippen molar-refractivity contribution in [1.82, 2.24) is 4.98 Å². The van der Waals surface area contributed by atoms with Gasteiger partial charge in [0.1, 0.15) is 0 Å². The van der Waals surface area contributed by atoms with Gasteiger partial charge in [0.25, 0.3) is 0 Å². The zero-order chi connectivity index (χ0) is 10.2. The number of carboxylic acid groups (broad SMARTS) is 1. The summed E-state index contributed by atoms with van der Waals surface area (Å²) >= 11 is 0. The Kier molecular flexibility index (Phi) is 2.02. The predicted octanol–water partition coefficient (Wildman–Crippen LogP) is 1.90. The molecule has 0 bridgehead atoms. The molecule has 0 saturated heterocycles. The molecule has 0 radical (unpaired) electrons. The minimum absolute atomic E-state index is 0.638. The first-order chi connectivity index (χ1) is 6.65. The molecule has 0 unspecified atom stereocenters. The molecular weight excluding hydrogens is 178 g/mol. The van der Waals surface area contributed by atoms with Crippen LogP contribution in [0.3, 0.4) is 0 Å². The van der Waals surface area contributed by atoms with Crippen LogP contribution >= 0.6 is 0 Å². The molecule has 14 heavy (non-hydrogen) atoms. The summed E-state index contributed by atoms with van der Waals surface area (Å²) in [6.07, 6.45) is 4.18. The number of aryl methyl sites for hydroxylation is 1. The van der Waals surface area contributed by atoms with Gasteiger partial charge in [-0.15, -0.1) is 0 Å². The number of rotatable bonds is 2. The van der Waals surface area contributed by atoms with E-state index in [2.05, 4.69) is 4.98 Å². The number of aliphatic carboxylic acids is 1. The molecule has 1 saturated carbocycles. The molecule has 1 fully saturated rings. The van der Waals surface area contributed by atoms with Crippen LogP contribution in [0, 0.1) is 6.92 Å². The number of nitrogens with zero attached hydrogens (tertiary/aromatic N) is 1. The van der Waals surface area contributed by atoms with Crippen molar-refractivity contribution in [3.05, 3.63) is 29.6 Å². The highest BCUT2D eigenvalue weighted by Crippen LogP contribution is 2.43. The fourth-order valence-corrected chi connectivity index (χ4v) is 1.91. The van der Waals surface area contributed by atoms with Gasteiger partial charge in [0.2, 0.25) is 0 Å². The fourth-order valence-electron chi connectivity index (χ4n) is 1.91. The van der Waals surface area contributed by atoms with Crippen molar-refractivity contribution in [2.24, 2.45) is 0 Å². The van der Waals surface area contributed by atoms with Gasteiger partial charge in [-0.2, -0.15) is 0 Å². The third-order valence-electron chi connectivity index (χ3n) is 3.08. The molecule has 0 aromatic carbocycles. The van der Waals surface area contributed by atoms with Crippen LogP contribution in [0.5, 0.6) is 0 Å². The number of carbonyl (C=O) groups is 1.